The van der Waals surface area contributed by atoms with E-state index in [2.05, 4.69) is 10.5 Å². The van der Waals surface area contributed by atoms with E-state index in [1.54, 1.807) is 37.4 Å². The second-order valence-corrected chi connectivity index (χ2v) is 5.84. The number of hydrogen-bond acceptors (Lipinski definition) is 5. The van der Waals surface area contributed by atoms with Gasteiger partial charge in [0.05, 0.1) is 25.0 Å². The average Bonchev–Trinajstić information content (AvgIpc) is 2.61. The number of hydrazone groups is 1. The van der Waals surface area contributed by atoms with E-state index in [0.717, 1.165) is 5.56 Å². The highest BCUT2D eigenvalue weighted by atomic mass is 35.5. The zero-order chi connectivity index (χ0) is 18.9. The van der Waals surface area contributed by atoms with Gasteiger partial charge in [-0.05, 0) is 48.9 Å². The summed E-state index contributed by atoms with van der Waals surface area (Å²) < 4.78 is 16.0. The Morgan fingerprint density at radius 2 is 1.88 bits per heavy atom. The molecule has 0 unspecified atom stereocenters. The Hall–Kier alpha value is -2.44. The minimum Gasteiger partial charge on any atom is -0.493 e. The van der Waals surface area contributed by atoms with Gasteiger partial charge in [-0.25, -0.2) is 5.43 Å². The predicted molar refractivity (Wildman–Crippen MR) is 102 cm³/mol. The first-order chi connectivity index (χ1) is 12.5. The Labute approximate surface area is 161 Å². The maximum absolute atomic E-state index is 11.8. The zero-order valence-corrected chi connectivity index (χ0v) is 15.8. The monoisotopic (exact) mass is 396 g/mol. The van der Waals surface area contributed by atoms with E-state index in [0.29, 0.717) is 33.9 Å². The molecule has 0 heterocycles. The number of ether oxygens (including phenoxy) is 3. The molecule has 1 N–H and O–H groups in total. The van der Waals surface area contributed by atoms with E-state index in [1.807, 2.05) is 6.92 Å². The zero-order valence-electron chi connectivity index (χ0n) is 14.3. The van der Waals surface area contributed by atoms with Crippen LogP contribution in [0.2, 0.25) is 10.0 Å². The molecule has 26 heavy (non-hydrogen) atoms. The summed E-state index contributed by atoms with van der Waals surface area (Å²) >= 11 is 11.8. The molecule has 8 heteroatoms. The topological polar surface area (TPSA) is 69.2 Å². The maximum Gasteiger partial charge on any atom is 0.277 e. The predicted octanol–water partition coefficient (Wildman–Crippen LogP) is 3.93. The van der Waals surface area contributed by atoms with Gasteiger partial charge in [0.2, 0.25) is 0 Å². The van der Waals surface area contributed by atoms with Gasteiger partial charge in [0.1, 0.15) is 5.75 Å². The van der Waals surface area contributed by atoms with Gasteiger partial charge in [-0.2, -0.15) is 5.10 Å². The molecule has 0 atom stereocenters. The molecular weight excluding hydrogens is 379 g/mol. The Morgan fingerprint density at radius 3 is 2.58 bits per heavy atom. The number of benzene rings is 2. The molecule has 2 aromatic rings. The molecular formula is C18H18Cl2N2O4. The molecule has 0 saturated heterocycles. The number of rotatable bonds is 8. The van der Waals surface area contributed by atoms with Crippen LogP contribution in [0.5, 0.6) is 17.2 Å². The Bertz CT molecular complexity index is 797. The molecule has 0 aliphatic rings. The number of nitrogens with one attached hydrogen (secondary N) is 1. The summed E-state index contributed by atoms with van der Waals surface area (Å²) in [7, 11) is 1.57. The summed E-state index contributed by atoms with van der Waals surface area (Å²) in [5, 5.41) is 4.71. The van der Waals surface area contributed by atoms with Crippen LogP contribution < -0.4 is 19.6 Å². The lowest BCUT2D eigenvalue weighted by molar-refractivity contribution is -0.123. The fourth-order valence-corrected chi connectivity index (χ4v) is 2.45. The van der Waals surface area contributed by atoms with Gasteiger partial charge >= 0.3 is 0 Å². The van der Waals surface area contributed by atoms with Crippen molar-refractivity contribution in [3.63, 3.8) is 0 Å². The minimum absolute atomic E-state index is 0.231. The van der Waals surface area contributed by atoms with Gasteiger partial charge in [0, 0.05) is 5.02 Å². The summed E-state index contributed by atoms with van der Waals surface area (Å²) in [4.78, 5) is 11.8. The molecule has 0 bridgehead atoms. The van der Waals surface area contributed by atoms with Crippen molar-refractivity contribution in [3.8, 4) is 17.2 Å². The van der Waals surface area contributed by atoms with Crippen molar-refractivity contribution in [3.05, 3.63) is 52.0 Å². The standard InChI is InChI=1S/C18H18Cl2N2O4/c1-3-25-17-8-12(4-6-16(17)24-2)10-21-22-18(23)11-26-15-7-5-13(19)9-14(15)20/h4-10H,3,11H2,1-2H3,(H,22,23)/b21-10+. The number of carbonyl (C=O) groups excluding carboxylic acids is 1. The number of amides is 1. The van der Waals surface area contributed by atoms with Crippen LogP contribution >= 0.6 is 23.2 Å². The first kappa shape index (κ1) is 19.9. The molecule has 2 rings (SSSR count). The van der Waals surface area contributed by atoms with Crippen LogP contribution in [0, 0.1) is 0 Å². The SMILES string of the molecule is CCOc1cc(/C=N/NC(=O)COc2ccc(Cl)cc2Cl)ccc1OC. The average molecular weight is 397 g/mol. The maximum atomic E-state index is 11.8. The van der Waals surface area contributed by atoms with Gasteiger partial charge in [-0.1, -0.05) is 23.2 Å². The van der Waals surface area contributed by atoms with Crippen molar-refractivity contribution in [1.29, 1.82) is 0 Å². The van der Waals surface area contributed by atoms with Crippen LogP contribution in [-0.2, 0) is 4.79 Å². The van der Waals surface area contributed by atoms with Crippen LogP contribution in [0.1, 0.15) is 12.5 Å². The van der Waals surface area contributed by atoms with Gasteiger partial charge in [-0.15, -0.1) is 0 Å². The molecule has 0 fully saturated rings. The minimum atomic E-state index is -0.425. The van der Waals surface area contributed by atoms with Crippen LogP contribution in [0.15, 0.2) is 41.5 Å². The van der Waals surface area contributed by atoms with Crippen LogP contribution in [0.3, 0.4) is 0 Å². The highest BCUT2D eigenvalue weighted by Crippen LogP contribution is 2.28. The van der Waals surface area contributed by atoms with E-state index in [-0.39, 0.29) is 6.61 Å². The van der Waals surface area contributed by atoms with Crippen molar-refractivity contribution in [1.82, 2.24) is 5.43 Å². The van der Waals surface area contributed by atoms with E-state index >= 15 is 0 Å². The van der Waals surface area contributed by atoms with Crippen LogP contribution in [0.4, 0.5) is 0 Å². The molecule has 0 saturated carbocycles. The molecule has 0 aliphatic heterocycles. The molecule has 1 amide bonds. The van der Waals surface area contributed by atoms with Gasteiger partial charge in [-0.3, -0.25) is 4.79 Å². The molecule has 0 aliphatic carbocycles. The van der Waals surface area contributed by atoms with Crippen molar-refractivity contribution in [2.24, 2.45) is 5.10 Å². The first-order valence-corrected chi connectivity index (χ1v) is 8.49. The molecule has 0 spiro atoms. The highest BCUT2D eigenvalue weighted by Gasteiger charge is 2.06. The van der Waals surface area contributed by atoms with Gasteiger partial charge in [0.15, 0.2) is 18.1 Å². The smallest absolute Gasteiger partial charge is 0.277 e. The van der Waals surface area contributed by atoms with E-state index in [4.69, 9.17) is 37.4 Å². The summed E-state index contributed by atoms with van der Waals surface area (Å²) in [6, 6.07) is 10.1. The number of methoxy groups -OCH3 is 1. The summed E-state index contributed by atoms with van der Waals surface area (Å²) in [6.45, 7) is 2.16. The number of nitrogens with zero attached hydrogens (tertiary/aromatic N) is 1. The third-order valence-electron chi connectivity index (χ3n) is 3.14. The number of carbonyl (C=O) groups is 1. The fourth-order valence-electron chi connectivity index (χ4n) is 1.99. The van der Waals surface area contributed by atoms with E-state index in [1.165, 1.54) is 12.3 Å². The summed E-state index contributed by atoms with van der Waals surface area (Å²) in [5.74, 6) is 1.17. The Morgan fingerprint density at radius 1 is 1.12 bits per heavy atom. The summed E-state index contributed by atoms with van der Waals surface area (Å²) in [6.07, 6.45) is 1.50. The van der Waals surface area contributed by atoms with Crippen molar-refractivity contribution < 1.29 is 19.0 Å². The van der Waals surface area contributed by atoms with Crippen molar-refractivity contribution >= 4 is 35.3 Å². The lowest BCUT2D eigenvalue weighted by atomic mass is 10.2. The number of hydrogen-bond donors (Lipinski definition) is 1. The third-order valence-corrected chi connectivity index (χ3v) is 3.67. The van der Waals surface area contributed by atoms with Gasteiger partial charge in [0.25, 0.3) is 5.91 Å². The van der Waals surface area contributed by atoms with Gasteiger partial charge < -0.3 is 14.2 Å². The lowest BCUT2D eigenvalue weighted by Crippen LogP contribution is -2.24. The number of halogens is 2. The molecule has 6 nitrogen and oxygen atoms in total. The molecule has 0 aromatic heterocycles. The molecule has 2 aromatic carbocycles. The highest BCUT2D eigenvalue weighted by molar-refractivity contribution is 6.35. The van der Waals surface area contributed by atoms with Crippen molar-refractivity contribution in [2.75, 3.05) is 20.3 Å². The van der Waals surface area contributed by atoms with Crippen LogP contribution in [-0.4, -0.2) is 32.4 Å². The second-order valence-electron chi connectivity index (χ2n) is 5.00. The van der Waals surface area contributed by atoms with E-state index in [9.17, 15) is 4.79 Å². The Kier molecular flexibility index (Phi) is 7.56. The van der Waals surface area contributed by atoms with Crippen LogP contribution in [0.25, 0.3) is 0 Å². The quantitative estimate of drug-likeness (QED) is 0.541. The molecule has 138 valence electrons. The summed E-state index contributed by atoms with van der Waals surface area (Å²) in [5.41, 5.74) is 3.12. The third kappa shape index (κ3) is 5.82. The lowest BCUT2D eigenvalue weighted by Gasteiger charge is -2.09. The first-order valence-electron chi connectivity index (χ1n) is 7.74. The second kappa shape index (κ2) is 9.89. The van der Waals surface area contributed by atoms with Crippen molar-refractivity contribution in [2.45, 2.75) is 6.92 Å². The Balaban J connectivity index is 1.89. The largest absolute Gasteiger partial charge is 0.493 e. The normalized spacial score (nSPS) is 10.6. The van der Waals surface area contributed by atoms with E-state index < -0.39 is 5.91 Å². The molecule has 0 radical (unpaired) electrons. The fraction of sp³-hybridized carbons (Fsp3) is 0.222.